The number of fused-ring (bicyclic) bond motifs is 1. The minimum atomic E-state index is -0.661. The maximum Gasteiger partial charge on any atom is 0.332 e. The van der Waals surface area contributed by atoms with Gasteiger partial charge in [-0.2, -0.15) is 0 Å². The van der Waals surface area contributed by atoms with Crippen LogP contribution in [0.1, 0.15) is 26.3 Å². The van der Waals surface area contributed by atoms with Crippen molar-refractivity contribution in [3.05, 3.63) is 76.3 Å². The topological polar surface area (TPSA) is 63.7 Å². The lowest BCUT2D eigenvalue weighted by Gasteiger charge is -2.12. The molecule has 5 nitrogen and oxygen atoms in total. The standard InChI is InChI=1S/C18H12ClNO4/c19-13-5-3-4-12(10-13)8-9-16(21)24-11-20-17(22)14-6-1-2-7-15(14)18(20)23/h1-10H,11H2. The van der Waals surface area contributed by atoms with E-state index in [4.69, 9.17) is 16.3 Å². The van der Waals surface area contributed by atoms with Gasteiger partial charge in [0.2, 0.25) is 0 Å². The van der Waals surface area contributed by atoms with Crippen LogP contribution in [0, 0.1) is 0 Å². The molecular weight excluding hydrogens is 330 g/mol. The third-order valence-corrected chi connectivity index (χ3v) is 3.71. The highest BCUT2D eigenvalue weighted by Crippen LogP contribution is 2.22. The molecule has 0 saturated heterocycles. The van der Waals surface area contributed by atoms with Gasteiger partial charge in [0, 0.05) is 11.1 Å². The van der Waals surface area contributed by atoms with Crippen LogP contribution in [0.4, 0.5) is 0 Å². The second-order valence-corrected chi connectivity index (χ2v) is 5.50. The highest BCUT2D eigenvalue weighted by molar-refractivity contribution is 6.30. The average Bonchev–Trinajstić information content (AvgIpc) is 2.83. The van der Waals surface area contributed by atoms with E-state index >= 15 is 0 Å². The maximum absolute atomic E-state index is 12.1. The van der Waals surface area contributed by atoms with Gasteiger partial charge in [0.15, 0.2) is 6.73 Å². The molecule has 0 atom stereocenters. The van der Waals surface area contributed by atoms with Gasteiger partial charge >= 0.3 is 5.97 Å². The van der Waals surface area contributed by atoms with Crippen LogP contribution in [0.15, 0.2) is 54.6 Å². The quantitative estimate of drug-likeness (QED) is 0.487. The number of imide groups is 1. The summed E-state index contributed by atoms with van der Waals surface area (Å²) in [5.41, 5.74) is 1.36. The molecule has 24 heavy (non-hydrogen) atoms. The molecule has 0 radical (unpaired) electrons. The van der Waals surface area contributed by atoms with Crippen molar-refractivity contribution in [2.45, 2.75) is 0 Å². The van der Waals surface area contributed by atoms with Crippen LogP contribution in [-0.2, 0) is 9.53 Å². The lowest BCUT2D eigenvalue weighted by atomic mass is 10.1. The Morgan fingerprint density at radius 1 is 1.04 bits per heavy atom. The van der Waals surface area contributed by atoms with E-state index in [1.807, 2.05) is 0 Å². The first-order chi connectivity index (χ1) is 11.6. The van der Waals surface area contributed by atoms with Crippen molar-refractivity contribution in [3.63, 3.8) is 0 Å². The fourth-order valence-electron chi connectivity index (χ4n) is 2.31. The van der Waals surface area contributed by atoms with Crippen molar-refractivity contribution in [2.75, 3.05) is 6.73 Å². The van der Waals surface area contributed by atoms with Crippen molar-refractivity contribution in [1.29, 1.82) is 0 Å². The van der Waals surface area contributed by atoms with Crippen LogP contribution in [0.25, 0.3) is 6.08 Å². The Morgan fingerprint density at radius 3 is 2.33 bits per heavy atom. The van der Waals surface area contributed by atoms with Gasteiger partial charge in [0.1, 0.15) is 0 Å². The number of carbonyl (C=O) groups excluding carboxylic acids is 3. The summed E-state index contributed by atoms with van der Waals surface area (Å²) in [5, 5.41) is 0.552. The summed E-state index contributed by atoms with van der Waals surface area (Å²) in [4.78, 5) is 36.9. The largest absolute Gasteiger partial charge is 0.441 e. The number of hydrogen-bond donors (Lipinski definition) is 0. The number of halogens is 1. The minimum Gasteiger partial charge on any atom is -0.441 e. The third kappa shape index (κ3) is 3.21. The van der Waals surface area contributed by atoms with E-state index in [9.17, 15) is 14.4 Å². The van der Waals surface area contributed by atoms with E-state index < -0.39 is 24.5 Å². The second kappa shape index (κ2) is 6.68. The molecule has 3 rings (SSSR count). The van der Waals surface area contributed by atoms with Gasteiger partial charge in [0.25, 0.3) is 11.8 Å². The second-order valence-electron chi connectivity index (χ2n) is 5.06. The fourth-order valence-corrected chi connectivity index (χ4v) is 2.51. The molecule has 2 aromatic carbocycles. The minimum absolute atomic E-state index is 0.313. The Balaban J connectivity index is 1.61. The van der Waals surface area contributed by atoms with Crippen molar-refractivity contribution in [1.82, 2.24) is 4.90 Å². The normalized spacial score (nSPS) is 13.5. The molecule has 0 spiro atoms. The number of benzene rings is 2. The summed E-state index contributed by atoms with van der Waals surface area (Å²) in [6, 6.07) is 13.4. The van der Waals surface area contributed by atoms with Gasteiger partial charge in [-0.3, -0.25) is 9.59 Å². The summed E-state index contributed by atoms with van der Waals surface area (Å²) in [6.45, 7) is -0.426. The molecule has 2 aromatic rings. The van der Waals surface area contributed by atoms with Crippen molar-refractivity contribution >= 4 is 35.5 Å². The summed E-state index contributed by atoms with van der Waals surface area (Å²) in [7, 11) is 0. The molecule has 6 heteroatoms. The predicted molar refractivity (Wildman–Crippen MR) is 88.4 cm³/mol. The number of rotatable bonds is 4. The molecule has 2 amide bonds. The van der Waals surface area contributed by atoms with Crippen LogP contribution in [-0.4, -0.2) is 29.4 Å². The van der Waals surface area contributed by atoms with Gasteiger partial charge in [-0.25, -0.2) is 9.69 Å². The molecule has 1 aliphatic heterocycles. The molecule has 120 valence electrons. The molecule has 0 bridgehead atoms. The van der Waals surface area contributed by atoms with Gasteiger partial charge in [-0.15, -0.1) is 0 Å². The molecule has 1 aliphatic rings. The van der Waals surface area contributed by atoms with Crippen molar-refractivity contribution < 1.29 is 19.1 Å². The van der Waals surface area contributed by atoms with Gasteiger partial charge in [-0.05, 0) is 35.9 Å². The van der Waals surface area contributed by atoms with Crippen LogP contribution in [0.2, 0.25) is 5.02 Å². The molecule has 0 unspecified atom stereocenters. The Hall–Kier alpha value is -2.92. The summed E-state index contributed by atoms with van der Waals surface area (Å²) < 4.78 is 4.98. The zero-order valence-electron chi connectivity index (χ0n) is 12.4. The van der Waals surface area contributed by atoms with Gasteiger partial charge in [-0.1, -0.05) is 35.9 Å². The molecule has 0 N–H and O–H groups in total. The number of nitrogens with zero attached hydrogens (tertiary/aromatic N) is 1. The number of amides is 2. The Labute approximate surface area is 143 Å². The molecule has 1 heterocycles. The Bertz CT molecular complexity index is 825. The van der Waals surface area contributed by atoms with Crippen LogP contribution >= 0.6 is 11.6 Å². The molecular formula is C18H12ClNO4. The van der Waals surface area contributed by atoms with Crippen molar-refractivity contribution in [2.24, 2.45) is 0 Å². The molecule has 0 saturated carbocycles. The van der Waals surface area contributed by atoms with E-state index in [1.54, 1.807) is 48.5 Å². The fraction of sp³-hybridized carbons (Fsp3) is 0.0556. The lowest BCUT2D eigenvalue weighted by Crippen LogP contribution is -2.32. The average molecular weight is 342 g/mol. The number of ether oxygens (including phenoxy) is 1. The van der Waals surface area contributed by atoms with Crippen LogP contribution in [0.3, 0.4) is 0 Å². The van der Waals surface area contributed by atoms with E-state index in [0.29, 0.717) is 16.1 Å². The highest BCUT2D eigenvalue weighted by atomic mass is 35.5. The molecule has 0 fully saturated rings. The monoisotopic (exact) mass is 341 g/mol. The zero-order chi connectivity index (χ0) is 17.1. The summed E-state index contributed by atoms with van der Waals surface area (Å²) >= 11 is 5.85. The van der Waals surface area contributed by atoms with Gasteiger partial charge in [0.05, 0.1) is 11.1 Å². The van der Waals surface area contributed by atoms with Gasteiger partial charge < -0.3 is 4.74 Å². The van der Waals surface area contributed by atoms with E-state index in [-0.39, 0.29) is 0 Å². The zero-order valence-corrected chi connectivity index (χ0v) is 13.2. The van der Waals surface area contributed by atoms with E-state index in [1.165, 1.54) is 12.2 Å². The van der Waals surface area contributed by atoms with Crippen LogP contribution in [0.5, 0.6) is 0 Å². The molecule has 0 aliphatic carbocycles. The smallest absolute Gasteiger partial charge is 0.332 e. The highest BCUT2D eigenvalue weighted by Gasteiger charge is 2.35. The molecule has 0 aromatic heterocycles. The number of carbonyl (C=O) groups is 3. The number of esters is 1. The first-order valence-electron chi connectivity index (χ1n) is 7.12. The maximum atomic E-state index is 12.1. The van der Waals surface area contributed by atoms with Crippen LogP contribution < -0.4 is 0 Å². The Kier molecular flexibility index (Phi) is 4.44. The number of hydrogen-bond acceptors (Lipinski definition) is 4. The summed E-state index contributed by atoms with van der Waals surface area (Å²) in [6.07, 6.45) is 2.75. The summed E-state index contributed by atoms with van der Waals surface area (Å²) in [5.74, 6) is -1.60. The van der Waals surface area contributed by atoms with E-state index in [0.717, 1.165) is 10.5 Å². The first kappa shape index (κ1) is 16.0. The predicted octanol–water partition coefficient (Wildman–Crippen LogP) is 3.15. The Morgan fingerprint density at radius 2 is 1.71 bits per heavy atom. The lowest BCUT2D eigenvalue weighted by molar-refractivity contribution is -0.140. The SMILES string of the molecule is O=C(C=Cc1cccc(Cl)c1)OCN1C(=O)c2ccccc2C1=O. The van der Waals surface area contributed by atoms with E-state index in [2.05, 4.69) is 0 Å². The van der Waals surface area contributed by atoms with Crippen molar-refractivity contribution in [3.8, 4) is 0 Å². The third-order valence-electron chi connectivity index (χ3n) is 3.47. The first-order valence-corrected chi connectivity index (χ1v) is 7.49.